The highest BCUT2D eigenvalue weighted by Crippen LogP contribution is 2.24. The molecule has 0 unspecified atom stereocenters. The van der Waals surface area contributed by atoms with E-state index in [1.54, 1.807) is 18.4 Å². The average molecular weight is 297 g/mol. The van der Waals surface area contributed by atoms with Crippen molar-refractivity contribution >= 4 is 23.1 Å². The van der Waals surface area contributed by atoms with E-state index < -0.39 is 10.9 Å². The van der Waals surface area contributed by atoms with Crippen molar-refractivity contribution in [2.45, 2.75) is 13.5 Å². The van der Waals surface area contributed by atoms with Crippen LogP contribution in [0.4, 0.5) is 5.82 Å². The maximum absolute atomic E-state index is 10.9. The number of aryl methyl sites for hydroxylation is 1. The first-order valence-electron chi connectivity index (χ1n) is 5.61. The summed E-state index contributed by atoms with van der Waals surface area (Å²) < 4.78 is 6.77. The van der Waals surface area contributed by atoms with Gasteiger partial charge < -0.3 is 20.0 Å². The maximum atomic E-state index is 10.9. The van der Waals surface area contributed by atoms with Crippen LogP contribution in [-0.4, -0.2) is 32.2 Å². The number of hydrogen-bond acceptors (Lipinski definition) is 6. The van der Waals surface area contributed by atoms with Gasteiger partial charge in [0.15, 0.2) is 10.7 Å². The molecule has 0 bridgehead atoms. The van der Waals surface area contributed by atoms with Crippen LogP contribution in [0, 0.1) is 17.0 Å². The SMILES string of the molecule is Cc1ncc([N+](=O)[O-])n1CCOc1ccsc1C(=O)O. The average Bonchev–Trinajstić information content (AvgIpc) is 2.97. The summed E-state index contributed by atoms with van der Waals surface area (Å²) >= 11 is 1.06. The zero-order valence-corrected chi connectivity index (χ0v) is 11.3. The molecule has 2 heterocycles. The molecule has 9 heteroatoms. The summed E-state index contributed by atoms with van der Waals surface area (Å²) in [6.07, 6.45) is 1.18. The summed E-state index contributed by atoms with van der Waals surface area (Å²) in [6.45, 7) is 1.99. The maximum Gasteiger partial charge on any atom is 0.349 e. The van der Waals surface area contributed by atoms with Crippen molar-refractivity contribution in [2.75, 3.05) is 6.61 Å². The van der Waals surface area contributed by atoms with E-state index in [1.807, 2.05) is 0 Å². The van der Waals surface area contributed by atoms with Crippen LogP contribution in [0.2, 0.25) is 0 Å². The molecule has 0 saturated carbocycles. The fourth-order valence-electron chi connectivity index (χ4n) is 1.69. The lowest BCUT2D eigenvalue weighted by Gasteiger charge is -2.05. The molecular formula is C11H11N3O5S. The highest BCUT2D eigenvalue weighted by Gasteiger charge is 2.18. The molecule has 0 radical (unpaired) electrons. The summed E-state index contributed by atoms with van der Waals surface area (Å²) in [5.74, 6) is -0.401. The molecule has 0 aliphatic rings. The molecule has 1 N–H and O–H groups in total. The lowest BCUT2D eigenvalue weighted by Crippen LogP contribution is -2.12. The van der Waals surface area contributed by atoms with Gasteiger partial charge in [0.05, 0.1) is 0 Å². The third-order valence-electron chi connectivity index (χ3n) is 2.62. The fourth-order valence-corrected chi connectivity index (χ4v) is 2.36. The smallest absolute Gasteiger partial charge is 0.349 e. The van der Waals surface area contributed by atoms with Crippen LogP contribution < -0.4 is 4.74 Å². The molecule has 8 nitrogen and oxygen atoms in total. The minimum Gasteiger partial charge on any atom is -0.488 e. The molecule has 0 aromatic carbocycles. The Bertz CT molecular complexity index is 648. The molecule has 106 valence electrons. The van der Waals surface area contributed by atoms with Gasteiger partial charge in [-0.25, -0.2) is 14.3 Å². The third-order valence-corrected chi connectivity index (χ3v) is 3.50. The first kappa shape index (κ1) is 14.0. The number of ether oxygens (including phenoxy) is 1. The van der Waals surface area contributed by atoms with Crippen LogP contribution in [0.5, 0.6) is 5.75 Å². The van der Waals surface area contributed by atoms with Crippen LogP contribution in [-0.2, 0) is 6.54 Å². The highest BCUT2D eigenvalue weighted by atomic mass is 32.1. The topological polar surface area (TPSA) is 107 Å². The van der Waals surface area contributed by atoms with E-state index in [-0.39, 0.29) is 29.6 Å². The van der Waals surface area contributed by atoms with Gasteiger partial charge in [-0.1, -0.05) is 0 Å². The number of rotatable bonds is 6. The van der Waals surface area contributed by atoms with Gasteiger partial charge in [0.1, 0.15) is 25.1 Å². The van der Waals surface area contributed by atoms with Gasteiger partial charge >= 0.3 is 11.8 Å². The minimum absolute atomic E-state index is 0.113. The summed E-state index contributed by atoms with van der Waals surface area (Å²) in [5, 5.41) is 21.3. The number of hydrogen-bond donors (Lipinski definition) is 1. The van der Waals surface area contributed by atoms with Gasteiger partial charge in [0.25, 0.3) is 0 Å². The molecule has 0 saturated heterocycles. The minimum atomic E-state index is -1.06. The zero-order valence-electron chi connectivity index (χ0n) is 10.5. The lowest BCUT2D eigenvalue weighted by atomic mass is 10.4. The molecule has 0 aliphatic heterocycles. The van der Waals surface area contributed by atoms with E-state index in [9.17, 15) is 14.9 Å². The fraction of sp³-hybridized carbons (Fsp3) is 0.273. The Hall–Kier alpha value is -2.42. The lowest BCUT2D eigenvalue weighted by molar-refractivity contribution is -0.392. The third kappa shape index (κ3) is 2.77. The molecule has 0 aliphatic carbocycles. The molecule has 2 aromatic heterocycles. The van der Waals surface area contributed by atoms with Gasteiger partial charge in [0.2, 0.25) is 0 Å². The number of carboxylic acid groups (broad SMARTS) is 1. The summed E-state index contributed by atoms with van der Waals surface area (Å²) in [6, 6.07) is 1.56. The normalized spacial score (nSPS) is 10.4. The first-order chi connectivity index (χ1) is 9.50. The number of aromatic carboxylic acids is 1. The Balaban J connectivity index is 2.03. The van der Waals surface area contributed by atoms with Gasteiger partial charge in [-0.3, -0.25) is 0 Å². The zero-order chi connectivity index (χ0) is 14.7. The number of nitro groups is 1. The van der Waals surface area contributed by atoms with E-state index >= 15 is 0 Å². The molecule has 0 amide bonds. The second-order valence-electron chi connectivity index (χ2n) is 3.84. The van der Waals surface area contributed by atoms with Crippen LogP contribution in [0.3, 0.4) is 0 Å². The first-order valence-corrected chi connectivity index (χ1v) is 6.48. The molecular weight excluding hydrogens is 286 g/mol. The van der Waals surface area contributed by atoms with Crippen molar-refractivity contribution in [1.29, 1.82) is 0 Å². The summed E-state index contributed by atoms with van der Waals surface area (Å²) in [7, 11) is 0. The molecule has 2 aromatic rings. The van der Waals surface area contributed by atoms with Crippen molar-refractivity contribution in [3.63, 3.8) is 0 Å². The van der Waals surface area contributed by atoms with Crippen LogP contribution in [0.1, 0.15) is 15.5 Å². The second-order valence-corrected chi connectivity index (χ2v) is 4.76. The van der Waals surface area contributed by atoms with Crippen LogP contribution in [0.25, 0.3) is 0 Å². The van der Waals surface area contributed by atoms with Gasteiger partial charge in [-0.2, -0.15) is 0 Å². The second kappa shape index (κ2) is 5.70. The molecule has 2 rings (SSSR count). The number of thiophene rings is 1. The Morgan fingerprint density at radius 2 is 2.40 bits per heavy atom. The van der Waals surface area contributed by atoms with Crippen molar-refractivity contribution in [3.05, 3.63) is 38.5 Å². The number of carbonyl (C=O) groups is 1. The van der Waals surface area contributed by atoms with E-state index in [4.69, 9.17) is 9.84 Å². The molecule has 0 atom stereocenters. The van der Waals surface area contributed by atoms with Crippen molar-refractivity contribution in [2.24, 2.45) is 0 Å². The van der Waals surface area contributed by atoms with Crippen molar-refractivity contribution in [1.82, 2.24) is 9.55 Å². The number of aromatic nitrogens is 2. The number of carboxylic acids is 1. The van der Waals surface area contributed by atoms with E-state index in [2.05, 4.69) is 4.98 Å². The van der Waals surface area contributed by atoms with E-state index in [0.29, 0.717) is 5.82 Å². The predicted molar refractivity (Wildman–Crippen MR) is 70.4 cm³/mol. The molecule has 0 spiro atoms. The monoisotopic (exact) mass is 297 g/mol. The Kier molecular flexibility index (Phi) is 3.99. The predicted octanol–water partition coefficient (Wildman–Crippen LogP) is 1.94. The van der Waals surface area contributed by atoms with Crippen molar-refractivity contribution in [3.8, 4) is 5.75 Å². The highest BCUT2D eigenvalue weighted by molar-refractivity contribution is 7.12. The quantitative estimate of drug-likeness (QED) is 0.645. The van der Waals surface area contributed by atoms with Crippen molar-refractivity contribution < 1.29 is 19.6 Å². The summed E-state index contributed by atoms with van der Waals surface area (Å²) in [4.78, 5) is 25.2. The van der Waals surface area contributed by atoms with Gasteiger partial charge in [0, 0.05) is 6.92 Å². The Labute approximate surface area is 117 Å². The number of imidazole rings is 1. The van der Waals surface area contributed by atoms with Gasteiger partial charge in [-0.05, 0) is 16.4 Å². The number of nitrogens with zero attached hydrogens (tertiary/aromatic N) is 3. The largest absolute Gasteiger partial charge is 0.488 e. The van der Waals surface area contributed by atoms with Gasteiger partial charge in [-0.15, -0.1) is 11.3 Å². The van der Waals surface area contributed by atoms with E-state index in [1.165, 1.54) is 10.8 Å². The molecule has 0 fully saturated rings. The summed E-state index contributed by atoms with van der Waals surface area (Å²) in [5.41, 5.74) is 0. The van der Waals surface area contributed by atoms with E-state index in [0.717, 1.165) is 11.3 Å². The van der Waals surface area contributed by atoms with Crippen LogP contribution in [0.15, 0.2) is 17.6 Å². The van der Waals surface area contributed by atoms with Crippen LogP contribution >= 0.6 is 11.3 Å². The Morgan fingerprint density at radius 3 is 3.05 bits per heavy atom. The Morgan fingerprint density at radius 1 is 1.65 bits per heavy atom. The standard InChI is InChI=1S/C11H11N3O5S/c1-7-12-6-9(14(17)18)13(7)3-4-19-8-2-5-20-10(8)11(15)16/h2,5-6H,3-4H2,1H3,(H,15,16). The molecule has 20 heavy (non-hydrogen) atoms.